The molecule has 0 amide bonds. The summed E-state index contributed by atoms with van der Waals surface area (Å²) in [5, 5.41) is 12.7. The van der Waals surface area contributed by atoms with E-state index in [4.69, 9.17) is 14.2 Å². The lowest BCUT2D eigenvalue weighted by Gasteiger charge is -2.41. The van der Waals surface area contributed by atoms with Crippen molar-refractivity contribution < 1.29 is 24.1 Å². The first-order chi connectivity index (χ1) is 15.5. The number of carbonyl (C=O) groups is 1. The molecule has 1 saturated carbocycles. The Morgan fingerprint density at radius 2 is 1.88 bits per heavy atom. The van der Waals surface area contributed by atoms with Gasteiger partial charge in [0.1, 0.15) is 17.6 Å². The van der Waals surface area contributed by atoms with Gasteiger partial charge in [-0.3, -0.25) is 9.78 Å². The molecule has 1 aromatic heterocycles. The van der Waals surface area contributed by atoms with Crippen LogP contribution in [0.25, 0.3) is 0 Å². The largest absolute Gasteiger partial charge is 0.495 e. The molecule has 0 spiro atoms. The van der Waals surface area contributed by atoms with Gasteiger partial charge in [0.15, 0.2) is 11.2 Å². The van der Waals surface area contributed by atoms with Gasteiger partial charge in [0.2, 0.25) is 0 Å². The number of aromatic nitrogens is 1. The Balaban J connectivity index is 1.70. The fraction of sp³-hybridized carbons (Fsp3) is 0.280. The molecule has 3 heterocycles. The van der Waals surface area contributed by atoms with Gasteiger partial charge in [-0.15, -0.1) is 0 Å². The first-order valence-corrected chi connectivity index (χ1v) is 11.2. The first-order valence-electron chi connectivity index (χ1n) is 10.4. The van der Waals surface area contributed by atoms with Crippen LogP contribution in [0.2, 0.25) is 0 Å². The van der Waals surface area contributed by atoms with E-state index in [9.17, 15) is 9.90 Å². The number of fused-ring (bicyclic) bond motifs is 5. The fourth-order valence-corrected chi connectivity index (χ4v) is 6.25. The molecule has 3 aliphatic rings. The number of hydrogen-bond acceptors (Lipinski definition) is 6. The normalized spacial score (nSPS) is 32.0. The van der Waals surface area contributed by atoms with Crippen LogP contribution in [0.3, 0.4) is 0 Å². The third-order valence-electron chi connectivity index (χ3n) is 7.07. The Morgan fingerprint density at radius 1 is 1.12 bits per heavy atom. The SMILES string of the molecule is COc1cncc2c1C1(O)C3OC(=O)CC3C(c3ccccc3)C1(c1ccc(Br)cc1)O2. The van der Waals surface area contributed by atoms with Gasteiger partial charge in [0, 0.05) is 16.3 Å². The summed E-state index contributed by atoms with van der Waals surface area (Å²) in [6.45, 7) is 0. The Kier molecular flexibility index (Phi) is 4.20. The van der Waals surface area contributed by atoms with Crippen molar-refractivity contribution in [3.8, 4) is 11.5 Å². The molecule has 1 N–H and O–H groups in total. The second kappa shape index (κ2) is 6.80. The van der Waals surface area contributed by atoms with Crippen LogP contribution in [0.1, 0.15) is 29.0 Å². The van der Waals surface area contributed by atoms with Crippen molar-refractivity contribution in [2.45, 2.75) is 29.6 Å². The highest BCUT2D eigenvalue weighted by atomic mass is 79.9. The van der Waals surface area contributed by atoms with Crippen LogP contribution in [0.5, 0.6) is 11.5 Å². The minimum atomic E-state index is -1.66. The van der Waals surface area contributed by atoms with E-state index in [0.717, 1.165) is 15.6 Å². The van der Waals surface area contributed by atoms with Crippen molar-refractivity contribution in [2.75, 3.05) is 7.11 Å². The molecular weight excluding hydrogens is 474 g/mol. The van der Waals surface area contributed by atoms with E-state index in [0.29, 0.717) is 17.1 Å². The fourth-order valence-electron chi connectivity index (χ4n) is 5.99. The third kappa shape index (κ3) is 2.33. The van der Waals surface area contributed by atoms with Crippen molar-refractivity contribution in [3.63, 3.8) is 0 Å². The van der Waals surface area contributed by atoms with Gasteiger partial charge in [0.05, 0.1) is 31.5 Å². The topological polar surface area (TPSA) is 77.9 Å². The molecule has 5 atom stereocenters. The monoisotopic (exact) mass is 493 g/mol. The van der Waals surface area contributed by atoms with E-state index in [1.54, 1.807) is 12.4 Å². The number of hydrogen-bond donors (Lipinski definition) is 1. The van der Waals surface area contributed by atoms with E-state index in [1.807, 2.05) is 54.6 Å². The van der Waals surface area contributed by atoms with Crippen molar-refractivity contribution in [2.24, 2.45) is 5.92 Å². The van der Waals surface area contributed by atoms with E-state index >= 15 is 0 Å². The third-order valence-corrected chi connectivity index (χ3v) is 7.60. The van der Waals surface area contributed by atoms with Crippen molar-refractivity contribution in [1.82, 2.24) is 4.98 Å². The maximum atomic E-state index is 12.7. The van der Waals surface area contributed by atoms with Gasteiger partial charge in [-0.1, -0.05) is 58.4 Å². The molecule has 32 heavy (non-hydrogen) atoms. The summed E-state index contributed by atoms with van der Waals surface area (Å²) in [7, 11) is 1.53. The highest BCUT2D eigenvalue weighted by molar-refractivity contribution is 9.10. The molecule has 6 nitrogen and oxygen atoms in total. The van der Waals surface area contributed by atoms with Crippen LogP contribution in [-0.2, 0) is 20.7 Å². The maximum absolute atomic E-state index is 12.7. The van der Waals surface area contributed by atoms with Gasteiger partial charge >= 0.3 is 5.97 Å². The van der Waals surface area contributed by atoms with E-state index < -0.39 is 17.3 Å². The number of esters is 1. The summed E-state index contributed by atoms with van der Waals surface area (Å²) in [5.74, 6) is -0.107. The highest BCUT2D eigenvalue weighted by Gasteiger charge is 2.79. The molecule has 1 aliphatic carbocycles. The second-order valence-corrected chi connectivity index (χ2v) is 9.41. The van der Waals surface area contributed by atoms with Gasteiger partial charge in [-0.2, -0.15) is 0 Å². The highest BCUT2D eigenvalue weighted by Crippen LogP contribution is 2.71. The standard InChI is InChI=1S/C25H20BrNO5/c1-30-18-12-27-13-19-22(18)24(29)23-17(11-20(28)31-23)21(14-5-3-2-4-6-14)25(24,32-19)15-7-9-16(26)10-8-15/h2-10,12-13,17,21,23,29H,11H2,1H3. The van der Waals surface area contributed by atoms with Crippen LogP contribution in [0.15, 0.2) is 71.5 Å². The Hall–Kier alpha value is -2.90. The molecule has 2 aliphatic heterocycles. The molecule has 1 saturated heterocycles. The second-order valence-electron chi connectivity index (χ2n) is 8.49. The van der Waals surface area contributed by atoms with Gasteiger partial charge < -0.3 is 19.3 Å². The van der Waals surface area contributed by atoms with Crippen LogP contribution in [0.4, 0.5) is 0 Å². The summed E-state index contributed by atoms with van der Waals surface area (Å²) in [4.78, 5) is 16.7. The Bertz CT molecular complexity index is 1220. The smallest absolute Gasteiger partial charge is 0.306 e. The molecule has 2 fully saturated rings. The molecule has 6 rings (SSSR count). The quantitative estimate of drug-likeness (QED) is 0.554. The number of carbonyl (C=O) groups excluding carboxylic acids is 1. The van der Waals surface area contributed by atoms with E-state index in [1.165, 1.54) is 7.11 Å². The number of ether oxygens (including phenoxy) is 3. The lowest BCUT2D eigenvalue weighted by molar-refractivity contribution is -0.175. The first kappa shape index (κ1) is 19.8. The minimum absolute atomic E-state index is 0.205. The van der Waals surface area contributed by atoms with E-state index in [-0.39, 0.29) is 24.2 Å². The predicted octanol–water partition coefficient (Wildman–Crippen LogP) is 4.06. The van der Waals surface area contributed by atoms with Crippen LogP contribution < -0.4 is 9.47 Å². The lowest BCUT2D eigenvalue weighted by atomic mass is 9.70. The van der Waals surface area contributed by atoms with Crippen molar-refractivity contribution >= 4 is 21.9 Å². The molecule has 5 unspecified atom stereocenters. The summed E-state index contributed by atoms with van der Waals surface area (Å²) in [6.07, 6.45) is 2.56. The molecular formula is C25H20BrNO5. The average Bonchev–Trinajstić information content (AvgIpc) is 3.37. The molecule has 0 radical (unpaired) electrons. The van der Waals surface area contributed by atoms with Gasteiger partial charge in [-0.05, 0) is 23.3 Å². The Labute approximate surface area is 193 Å². The molecule has 0 bridgehead atoms. The zero-order chi connectivity index (χ0) is 22.1. The number of halogens is 1. The number of nitrogens with zero attached hydrogens (tertiary/aromatic N) is 1. The van der Waals surface area contributed by atoms with Crippen molar-refractivity contribution in [1.29, 1.82) is 0 Å². The van der Waals surface area contributed by atoms with Crippen molar-refractivity contribution in [3.05, 3.63) is 88.2 Å². The zero-order valence-corrected chi connectivity index (χ0v) is 18.8. The molecule has 2 aromatic carbocycles. The van der Waals surface area contributed by atoms with Gasteiger partial charge in [-0.25, -0.2) is 0 Å². The number of aliphatic hydroxyl groups is 1. The average molecular weight is 494 g/mol. The van der Waals surface area contributed by atoms with Crippen LogP contribution in [-0.4, -0.2) is 29.3 Å². The molecule has 3 aromatic rings. The zero-order valence-electron chi connectivity index (χ0n) is 17.2. The number of benzene rings is 2. The minimum Gasteiger partial charge on any atom is -0.495 e. The molecule has 7 heteroatoms. The van der Waals surface area contributed by atoms with E-state index in [2.05, 4.69) is 20.9 Å². The Morgan fingerprint density at radius 3 is 2.59 bits per heavy atom. The summed E-state index contributed by atoms with van der Waals surface area (Å²) < 4.78 is 19.1. The number of methoxy groups -OCH3 is 1. The molecule has 162 valence electrons. The summed E-state index contributed by atoms with van der Waals surface area (Å²) in [6, 6.07) is 17.6. The van der Waals surface area contributed by atoms with Crippen LogP contribution >= 0.6 is 15.9 Å². The predicted molar refractivity (Wildman–Crippen MR) is 118 cm³/mol. The number of pyridine rings is 1. The number of rotatable bonds is 3. The van der Waals surface area contributed by atoms with Crippen LogP contribution in [0, 0.1) is 5.92 Å². The summed E-state index contributed by atoms with van der Waals surface area (Å²) in [5.41, 5.74) is -0.660. The summed E-state index contributed by atoms with van der Waals surface area (Å²) >= 11 is 3.50. The van der Waals surface area contributed by atoms with Gasteiger partial charge in [0.25, 0.3) is 0 Å². The maximum Gasteiger partial charge on any atom is 0.306 e. The lowest BCUT2D eigenvalue weighted by Crippen LogP contribution is -2.52.